The van der Waals surface area contributed by atoms with Gasteiger partial charge in [0.2, 0.25) is 5.95 Å². The summed E-state index contributed by atoms with van der Waals surface area (Å²) in [4.78, 5) is 13.5. The van der Waals surface area contributed by atoms with E-state index in [1.165, 1.54) is 0 Å². The van der Waals surface area contributed by atoms with E-state index in [9.17, 15) is 8.78 Å². The van der Waals surface area contributed by atoms with Crippen LogP contribution >= 0.6 is 0 Å². The molecule has 160 valence electrons. The molecule has 0 bridgehead atoms. The molecule has 0 amide bonds. The van der Waals surface area contributed by atoms with Crippen molar-refractivity contribution < 1.29 is 10.2 Å². The van der Waals surface area contributed by atoms with Crippen LogP contribution in [0, 0.1) is 5.92 Å². The van der Waals surface area contributed by atoms with Crippen LogP contribution in [0.2, 0.25) is 0 Å². The normalized spacial score (nSPS) is 15.8. The SMILES string of the molecule is CC.CC1=Nc2ccc(-c3ccn4nc(NCC(F)(F)C5CC5)ncc34)nc2CC1.[HH]. The highest BCUT2D eigenvalue weighted by Crippen LogP contribution is 2.43. The lowest BCUT2D eigenvalue weighted by Crippen LogP contribution is -2.30. The van der Waals surface area contributed by atoms with E-state index in [0.29, 0.717) is 12.8 Å². The molecule has 3 aromatic rings. The highest BCUT2D eigenvalue weighted by atomic mass is 19.3. The van der Waals surface area contributed by atoms with Crippen LogP contribution in [0.25, 0.3) is 16.8 Å². The second kappa shape index (κ2) is 8.08. The van der Waals surface area contributed by atoms with Crippen LogP contribution in [-0.4, -0.2) is 37.8 Å². The second-order valence-electron chi connectivity index (χ2n) is 7.54. The molecule has 8 heteroatoms. The zero-order valence-corrected chi connectivity index (χ0v) is 17.5. The van der Waals surface area contributed by atoms with Gasteiger partial charge in [-0.05, 0) is 50.8 Å². The van der Waals surface area contributed by atoms with Gasteiger partial charge in [-0.3, -0.25) is 9.98 Å². The van der Waals surface area contributed by atoms with Gasteiger partial charge >= 0.3 is 0 Å². The third-order valence-electron chi connectivity index (χ3n) is 5.33. The molecular formula is C22H28F2N6. The predicted molar refractivity (Wildman–Crippen MR) is 117 cm³/mol. The number of aliphatic imine (C=N–C) groups is 1. The molecular weight excluding hydrogens is 386 g/mol. The summed E-state index contributed by atoms with van der Waals surface area (Å²) in [5.74, 6) is -3.03. The van der Waals surface area contributed by atoms with E-state index >= 15 is 0 Å². The van der Waals surface area contributed by atoms with Gasteiger partial charge in [0, 0.05) is 24.8 Å². The summed E-state index contributed by atoms with van der Waals surface area (Å²) >= 11 is 0. The first-order valence-corrected chi connectivity index (χ1v) is 10.5. The summed E-state index contributed by atoms with van der Waals surface area (Å²) in [6.07, 6.45) is 6.42. The van der Waals surface area contributed by atoms with Crippen molar-refractivity contribution in [1.82, 2.24) is 19.6 Å². The van der Waals surface area contributed by atoms with Crippen molar-refractivity contribution in [3.05, 3.63) is 36.3 Å². The summed E-state index contributed by atoms with van der Waals surface area (Å²) < 4.78 is 29.3. The number of nitrogens with one attached hydrogen (secondary N) is 1. The van der Waals surface area contributed by atoms with E-state index in [1.54, 1.807) is 16.9 Å². The Morgan fingerprint density at radius 1 is 1.20 bits per heavy atom. The number of alkyl halides is 2. The summed E-state index contributed by atoms with van der Waals surface area (Å²) in [5, 5.41) is 6.98. The molecule has 0 aromatic carbocycles. The zero-order valence-electron chi connectivity index (χ0n) is 17.5. The van der Waals surface area contributed by atoms with Crippen LogP contribution in [0.3, 0.4) is 0 Å². The molecule has 1 N–H and O–H groups in total. The number of aryl methyl sites for hydroxylation is 1. The van der Waals surface area contributed by atoms with E-state index in [-0.39, 0.29) is 7.37 Å². The Morgan fingerprint density at radius 3 is 2.77 bits per heavy atom. The Balaban J connectivity index is 0.000000883. The lowest BCUT2D eigenvalue weighted by atomic mass is 10.1. The fourth-order valence-corrected chi connectivity index (χ4v) is 3.54. The molecule has 0 atom stereocenters. The van der Waals surface area contributed by atoms with E-state index in [2.05, 4.69) is 20.4 Å². The fourth-order valence-electron chi connectivity index (χ4n) is 3.54. The van der Waals surface area contributed by atoms with Crippen molar-refractivity contribution in [2.75, 3.05) is 11.9 Å². The topological polar surface area (TPSA) is 67.5 Å². The maximum absolute atomic E-state index is 13.9. The Morgan fingerprint density at radius 2 is 2.00 bits per heavy atom. The van der Waals surface area contributed by atoms with Gasteiger partial charge in [0.05, 0.1) is 35.3 Å². The van der Waals surface area contributed by atoms with E-state index in [4.69, 9.17) is 4.98 Å². The van der Waals surface area contributed by atoms with Crippen molar-refractivity contribution in [1.29, 1.82) is 0 Å². The number of aromatic nitrogens is 4. The Kier molecular flexibility index (Phi) is 5.49. The first-order valence-electron chi connectivity index (χ1n) is 10.5. The molecule has 6 nitrogen and oxygen atoms in total. The number of pyridine rings is 1. The van der Waals surface area contributed by atoms with E-state index < -0.39 is 18.4 Å². The van der Waals surface area contributed by atoms with Gasteiger partial charge in [0.25, 0.3) is 5.92 Å². The molecule has 0 radical (unpaired) electrons. The molecule has 0 unspecified atom stereocenters. The standard InChI is InChI=1S/C20H20F2N6.C2H6.H2/c1-12-2-5-17-16(25-12)7-6-15(26-17)14-8-9-28-18(14)10-23-19(27-28)24-11-20(21,22)13-3-4-13;1-2;/h6-10,13H,2-5,11H2,1H3,(H,24,27);1-2H3;1H. The maximum Gasteiger partial charge on any atom is 0.267 e. The molecule has 4 heterocycles. The fraction of sp³-hybridized carbons (Fsp3) is 0.455. The lowest BCUT2D eigenvalue weighted by Gasteiger charge is -2.16. The molecule has 1 saturated carbocycles. The molecule has 2 aliphatic rings. The molecule has 0 saturated heterocycles. The average Bonchev–Trinajstić information content (AvgIpc) is 3.54. The van der Waals surface area contributed by atoms with Gasteiger partial charge < -0.3 is 5.32 Å². The largest absolute Gasteiger partial charge is 0.347 e. The maximum atomic E-state index is 13.9. The van der Waals surface area contributed by atoms with Crippen molar-refractivity contribution in [3.8, 4) is 11.3 Å². The van der Waals surface area contributed by atoms with Crippen LogP contribution in [0.15, 0.2) is 35.6 Å². The molecule has 5 rings (SSSR count). The van der Waals surface area contributed by atoms with E-state index in [0.717, 1.165) is 46.7 Å². The van der Waals surface area contributed by atoms with Crippen LogP contribution in [0.4, 0.5) is 20.4 Å². The number of anilines is 1. The number of fused-ring (bicyclic) bond motifs is 2. The van der Waals surface area contributed by atoms with Crippen molar-refractivity contribution in [3.63, 3.8) is 0 Å². The van der Waals surface area contributed by atoms with Gasteiger partial charge in [0.1, 0.15) is 0 Å². The molecule has 30 heavy (non-hydrogen) atoms. The van der Waals surface area contributed by atoms with Gasteiger partial charge in [-0.1, -0.05) is 13.8 Å². The quantitative estimate of drug-likeness (QED) is 0.594. The summed E-state index contributed by atoms with van der Waals surface area (Å²) in [5.41, 5.74) is 5.56. The number of hydrogen-bond acceptors (Lipinski definition) is 5. The summed E-state index contributed by atoms with van der Waals surface area (Å²) in [6.45, 7) is 5.59. The van der Waals surface area contributed by atoms with Gasteiger partial charge in [-0.25, -0.2) is 18.3 Å². The van der Waals surface area contributed by atoms with Crippen LogP contribution in [-0.2, 0) is 6.42 Å². The number of rotatable bonds is 5. The molecule has 1 aliphatic carbocycles. The highest BCUT2D eigenvalue weighted by Gasteiger charge is 2.46. The first-order chi connectivity index (χ1) is 14.5. The van der Waals surface area contributed by atoms with Crippen molar-refractivity contribution in [2.45, 2.75) is 52.4 Å². The average molecular weight is 415 g/mol. The highest BCUT2D eigenvalue weighted by molar-refractivity contribution is 5.87. The molecule has 1 fully saturated rings. The van der Waals surface area contributed by atoms with Crippen LogP contribution < -0.4 is 5.32 Å². The number of hydrogen-bond donors (Lipinski definition) is 1. The van der Waals surface area contributed by atoms with Crippen LogP contribution in [0.1, 0.15) is 47.2 Å². The minimum Gasteiger partial charge on any atom is -0.347 e. The lowest BCUT2D eigenvalue weighted by molar-refractivity contribution is -0.00833. The third-order valence-corrected chi connectivity index (χ3v) is 5.33. The number of nitrogens with zero attached hydrogens (tertiary/aromatic N) is 5. The Bertz CT molecular complexity index is 1090. The predicted octanol–water partition coefficient (Wildman–Crippen LogP) is 5.56. The monoisotopic (exact) mass is 414 g/mol. The third kappa shape index (κ3) is 4.04. The van der Waals surface area contributed by atoms with Gasteiger partial charge in [0.15, 0.2) is 0 Å². The number of halogens is 2. The smallest absolute Gasteiger partial charge is 0.267 e. The molecule has 3 aromatic heterocycles. The minimum absolute atomic E-state index is 0. The second-order valence-corrected chi connectivity index (χ2v) is 7.54. The molecule has 1 aliphatic heterocycles. The first kappa shape index (κ1) is 20.4. The minimum atomic E-state index is -2.71. The van der Waals surface area contributed by atoms with Gasteiger partial charge in [-0.2, -0.15) is 0 Å². The summed E-state index contributed by atoms with van der Waals surface area (Å²) in [6, 6.07) is 5.85. The van der Waals surface area contributed by atoms with E-state index in [1.807, 2.05) is 39.0 Å². The zero-order chi connectivity index (χ0) is 21.3. The van der Waals surface area contributed by atoms with Gasteiger partial charge in [-0.15, -0.1) is 5.10 Å². The summed E-state index contributed by atoms with van der Waals surface area (Å²) in [7, 11) is 0. The van der Waals surface area contributed by atoms with Crippen molar-refractivity contribution >= 4 is 22.9 Å². The van der Waals surface area contributed by atoms with Crippen LogP contribution in [0.5, 0.6) is 0 Å². The Hall–Kier alpha value is -2.90. The Labute approximate surface area is 176 Å². The molecule has 0 spiro atoms. The van der Waals surface area contributed by atoms with Crippen molar-refractivity contribution in [2.24, 2.45) is 10.9 Å².